The van der Waals surface area contributed by atoms with Crippen molar-refractivity contribution in [1.29, 1.82) is 0 Å². The van der Waals surface area contributed by atoms with Gasteiger partial charge in [0.2, 0.25) is 0 Å². The second kappa shape index (κ2) is 9.27. The van der Waals surface area contributed by atoms with Crippen LogP contribution >= 0.6 is 0 Å². The molecule has 3 aromatic rings. The average molecular weight is 436 g/mol. The van der Waals surface area contributed by atoms with Gasteiger partial charge in [-0.1, -0.05) is 19.9 Å². The number of hydrogen-bond acceptors (Lipinski definition) is 6. The number of hydrogen-bond donors (Lipinski definition) is 5. The summed E-state index contributed by atoms with van der Waals surface area (Å²) >= 11 is 0. The molecule has 3 heterocycles. The normalized spacial score (nSPS) is 15.6. The van der Waals surface area contributed by atoms with E-state index in [4.69, 9.17) is 0 Å². The molecule has 2 unspecified atom stereocenters. The Morgan fingerprint density at radius 3 is 2.81 bits per heavy atom. The lowest BCUT2D eigenvalue weighted by Crippen LogP contribution is -2.47. The van der Waals surface area contributed by atoms with E-state index in [-0.39, 0.29) is 6.03 Å². The molecular formula is C23H29N7O2. The van der Waals surface area contributed by atoms with Crippen LogP contribution in [-0.2, 0) is 0 Å². The summed E-state index contributed by atoms with van der Waals surface area (Å²) in [5.41, 5.74) is 4.90. The van der Waals surface area contributed by atoms with Gasteiger partial charge in [0.1, 0.15) is 0 Å². The zero-order valence-electron chi connectivity index (χ0n) is 18.5. The topological polar surface area (TPSA) is 116 Å². The van der Waals surface area contributed by atoms with Gasteiger partial charge in [-0.2, -0.15) is 0 Å². The first-order valence-electron chi connectivity index (χ1n) is 10.8. The van der Waals surface area contributed by atoms with Crippen LogP contribution in [0, 0.1) is 5.92 Å². The van der Waals surface area contributed by atoms with Crippen molar-refractivity contribution in [2.45, 2.75) is 39.6 Å². The van der Waals surface area contributed by atoms with Crippen molar-refractivity contribution >= 4 is 17.4 Å². The highest BCUT2D eigenvalue weighted by molar-refractivity contribution is 5.91. The van der Waals surface area contributed by atoms with Gasteiger partial charge >= 0.3 is 6.03 Å². The molecule has 168 valence electrons. The number of carbonyl (C=O) groups is 1. The number of nitrogens with one attached hydrogen (secondary N) is 4. The van der Waals surface area contributed by atoms with Gasteiger partial charge in [-0.15, -0.1) is 0 Å². The number of imidazole rings is 1. The van der Waals surface area contributed by atoms with E-state index in [1.54, 1.807) is 12.5 Å². The molecule has 32 heavy (non-hydrogen) atoms. The monoisotopic (exact) mass is 435 g/mol. The Labute approximate surface area is 187 Å². The van der Waals surface area contributed by atoms with Crippen molar-refractivity contribution in [1.82, 2.24) is 25.2 Å². The number of aliphatic hydroxyl groups excluding tert-OH is 1. The Balaban J connectivity index is 1.68. The summed E-state index contributed by atoms with van der Waals surface area (Å²) in [6.07, 6.45) is 4.89. The lowest BCUT2D eigenvalue weighted by molar-refractivity contribution is 0.147. The zero-order chi connectivity index (χ0) is 22.7. The predicted molar refractivity (Wildman–Crippen MR) is 124 cm³/mol. The van der Waals surface area contributed by atoms with Crippen molar-refractivity contribution in [3.05, 3.63) is 54.7 Å². The average Bonchev–Trinajstić information content (AvgIpc) is 3.40. The molecule has 0 aliphatic carbocycles. The van der Waals surface area contributed by atoms with E-state index in [2.05, 4.69) is 45.1 Å². The Morgan fingerprint density at radius 2 is 2.09 bits per heavy atom. The molecule has 9 nitrogen and oxygen atoms in total. The van der Waals surface area contributed by atoms with Gasteiger partial charge in [-0.25, -0.2) is 9.78 Å². The Bertz CT molecular complexity index is 1080. The van der Waals surface area contributed by atoms with Gasteiger partial charge in [-0.3, -0.25) is 4.98 Å². The van der Waals surface area contributed by atoms with E-state index in [1.807, 2.05) is 48.0 Å². The van der Waals surface area contributed by atoms with Gasteiger partial charge in [0, 0.05) is 30.2 Å². The van der Waals surface area contributed by atoms with Crippen molar-refractivity contribution < 1.29 is 9.90 Å². The molecule has 9 heteroatoms. The van der Waals surface area contributed by atoms with Crippen LogP contribution in [0.2, 0.25) is 0 Å². The number of urea groups is 1. The molecule has 1 aliphatic rings. The fraction of sp³-hybridized carbons (Fsp3) is 0.348. The molecule has 2 atom stereocenters. The van der Waals surface area contributed by atoms with Crippen LogP contribution < -0.4 is 21.3 Å². The Kier molecular flexibility index (Phi) is 6.27. The van der Waals surface area contributed by atoms with E-state index in [1.165, 1.54) is 0 Å². The molecule has 0 radical (unpaired) electrons. The summed E-state index contributed by atoms with van der Waals surface area (Å²) in [4.78, 5) is 20.9. The molecule has 2 aromatic heterocycles. The number of aromatic nitrogens is 3. The number of amides is 2. The van der Waals surface area contributed by atoms with E-state index in [0.29, 0.717) is 24.6 Å². The minimum atomic E-state index is -0.605. The number of rotatable bonds is 7. The van der Waals surface area contributed by atoms with Crippen LogP contribution in [0.25, 0.3) is 16.9 Å². The molecule has 0 saturated heterocycles. The summed E-state index contributed by atoms with van der Waals surface area (Å²) in [6, 6.07) is 9.49. The third-order valence-corrected chi connectivity index (χ3v) is 5.20. The summed E-state index contributed by atoms with van der Waals surface area (Å²) < 4.78 is 1.89. The largest absolute Gasteiger partial charge is 0.387 e. The van der Waals surface area contributed by atoms with Crippen molar-refractivity contribution in [3.63, 3.8) is 0 Å². The molecule has 4 rings (SSSR count). The first-order valence-corrected chi connectivity index (χ1v) is 10.8. The van der Waals surface area contributed by atoms with Gasteiger partial charge in [-0.05, 0) is 43.5 Å². The molecular weight excluding hydrogens is 406 g/mol. The molecule has 1 aromatic carbocycles. The SMILES string of the molecule is CCNC(=O)NC1Nc2cc(-n3cnc(C(O)CC(C)C)c3)cc(-c3ccccn3)c2N1. The van der Waals surface area contributed by atoms with Gasteiger partial charge in [0.25, 0.3) is 0 Å². The van der Waals surface area contributed by atoms with Crippen LogP contribution in [0.3, 0.4) is 0 Å². The number of aliphatic hydroxyl groups is 1. The molecule has 1 aliphatic heterocycles. The summed E-state index contributed by atoms with van der Waals surface area (Å²) in [5.74, 6) is 0.371. The smallest absolute Gasteiger partial charge is 0.317 e. The number of fused-ring (bicyclic) bond motifs is 1. The molecule has 0 spiro atoms. The standard InChI is InChI=1S/C23H29N7O2/c1-4-24-23(32)29-22-27-18-11-15(30-12-19(26-13-30)20(31)9-14(2)3)10-16(21(18)28-22)17-7-5-6-8-25-17/h5-8,10-14,20,22,27-28,31H,4,9H2,1-3H3,(H2,24,29,32). The number of carbonyl (C=O) groups excluding carboxylic acids is 1. The van der Waals surface area contributed by atoms with Crippen LogP contribution in [0.15, 0.2) is 49.1 Å². The molecule has 0 fully saturated rings. The summed E-state index contributed by atoms with van der Waals surface area (Å²) in [7, 11) is 0. The van der Waals surface area contributed by atoms with Crippen LogP contribution in [0.5, 0.6) is 0 Å². The van der Waals surface area contributed by atoms with Gasteiger partial charge < -0.3 is 30.9 Å². The Morgan fingerprint density at radius 1 is 1.25 bits per heavy atom. The summed E-state index contributed by atoms with van der Waals surface area (Å²) in [6.45, 7) is 6.56. The number of pyridine rings is 1. The fourth-order valence-corrected chi connectivity index (χ4v) is 3.74. The van der Waals surface area contributed by atoms with Crippen molar-refractivity contribution in [2.24, 2.45) is 5.92 Å². The molecule has 5 N–H and O–H groups in total. The third kappa shape index (κ3) is 4.67. The van der Waals surface area contributed by atoms with Crippen molar-refractivity contribution in [2.75, 3.05) is 17.2 Å². The minimum Gasteiger partial charge on any atom is -0.387 e. The summed E-state index contributed by atoms with van der Waals surface area (Å²) in [5, 5.41) is 22.7. The number of benzene rings is 1. The van der Waals surface area contributed by atoms with E-state index >= 15 is 0 Å². The van der Waals surface area contributed by atoms with E-state index in [9.17, 15) is 9.90 Å². The van der Waals surface area contributed by atoms with Crippen LogP contribution in [-0.4, -0.2) is 38.5 Å². The van der Waals surface area contributed by atoms with Crippen LogP contribution in [0.1, 0.15) is 39.0 Å². The maximum Gasteiger partial charge on any atom is 0.317 e. The second-order valence-corrected chi connectivity index (χ2v) is 8.21. The Hall–Kier alpha value is -3.59. The first-order chi connectivity index (χ1) is 15.4. The lowest BCUT2D eigenvalue weighted by atomic mass is 10.0. The minimum absolute atomic E-state index is 0.261. The number of anilines is 2. The second-order valence-electron chi connectivity index (χ2n) is 8.21. The first kappa shape index (κ1) is 21.6. The maximum absolute atomic E-state index is 12.0. The number of nitrogens with zero attached hydrogens (tertiary/aromatic N) is 3. The zero-order valence-corrected chi connectivity index (χ0v) is 18.5. The highest BCUT2D eigenvalue weighted by Gasteiger charge is 2.26. The van der Waals surface area contributed by atoms with Crippen molar-refractivity contribution in [3.8, 4) is 16.9 Å². The molecule has 0 saturated carbocycles. The fourth-order valence-electron chi connectivity index (χ4n) is 3.74. The molecule has 2 amide bonds. The van der Waals surface area contributed by atoms with Gasteiger partial charge in [0.05, 0.1) is 35.2 Å². The quantitative estimate of drug-likeness (QED) is 0.388. The lowest BCUT2D eigenvalue weighted by Gasteiger charge is -2.14. The third-order valence-electron chi connectivity index (χ3n) is 5.20. The predicted octanol–water partition coefficient (Wildman–Crippen LogP) is 3.45. The molecule has 0 bridgehead atoms. The highest BCUT2D eigenvalue weighted by Crippen LogP contribution is 2.40. The van der Waals surface area contributed by atoms with E-state index < -0.39 is 12.4 Å². The van der Waals surface area contributed by atoms with Gasteiger partial charge in [0.15, 0.2) is 6.29 Å². The highest BCUT2D eigenvalue weighted by atomic mass is 16.3. The van der Waals surface area contributed by atoms with Crippen LogP contribution in [0.4, 0.5) is 16.2 Å². The van der Waals surface area contributed by atoms with E-state index in [0.717, 1.165) is 28.3 Å². The maximum atomic E-state index is 12.0.